The minimum absolute atomic E-state index is 0.253. The maximum absolute atomic E-state index is 13.4. The van der Waals surface area contributed by atoms with Crippen LogP contribution in [0.5, 0.6) is 0 Å². The molecule has 4 rings (SSSR count). The lowest BCUT2D eigenvalue weighted by Gasteiger charge is -2.07. The maximum Gasteiger partial charge on any atom is 0.282 e. The second kappa shape index (κ2) is 7.52. The van der Waals surface area contributed by atoms with Gasteiger partial charge in [0.1, 0.15) is 23.2 Å². The zero-order chi connectivity index (χ0) is 19.7. The molecule has 2 aromatic heterocycles. The van der Waals surface area contributed by atoms with Crippen LogP contribution in [0, 0.1) is 5.82 Å². The zero-order valence-electron chi connectivity index (χ0n) is 14.9. The summed E-state index contributed by atoms with van der Waals surface area (Å²) in [5, 5.41) is 4.76. The van der Waals surface area contributed by atoms with Gasteiger partial charge in [-0.15, -0.1) is 0 Å². The highest BCUT2D eigenvalue weighted by Gasteiger charge is 2.10. The first-order valence-electron chi connectivity index (χ1n) is 8.66. The summed E-state index contributed by atoms with van der Waals surface area (Å²) >= 11 is 3.38. The van der Waals surface area contributed by atoms with Gasteiger partial charge in [0.05, 0.1) is 17.1 Å². The third-order valence-corrected chi connectivity index (χ3v) is 4.72. The predicted octanol–water partition coefficient (Wildman–Crippen LogP) is 5.00. The molecule has 0 unspecified atom stereocenters. The van der Waals surface area contributed by atoms with Crippen LogP contribution in [-0.2, 0) is 6.42 Å². The predicted molar refractivity (Wildman–Crippen MR) is 110 cm³/mol. The van der Waals surface area contributed by atoms with Crippen molar-refractivity contribution in [2.45, 2.75) is 13.3 Å². The van der Waals surface area contributed by atoms with Crippen molar-refractivity contribution in [1.82, 2.24) is 9.66 Å². The van der Waals surface area contributed by atoms with E-state index in [2.05, 4.69) is 26.0 Å². The number of aromatic nitrogens is 2. The second-order valence-electron chi connectivity index (χ2n) is 6.12. The highest BCUT2D eigenvalue weighted by Crippen LogP contribution is 2.22. The van der Waals surface area contributed by atoms with Crippen LogP contribution < -0.4 is 5.56 Å². The Morgan fingerprint density at radius 3 is 2.86 bits per heavy atom. The third-order valence-electron chi connectivity index (χ3n) is 4.23. The number of aryl methyl sites for hydroxylation is 1. The van der Waals surface area contributed by atoms with E-state index in [9.17, 15) is 9.18 Å². The Morgan fingerprint density at radius 1 is 1.21 bits per heavy atom. The van der Waals surface area contributed by atoms with E-state index in [1.165, 1.54) is 23.0 Å². The number of benzene rings is 2. The summed E-state index contributed by atoms with van der Waals surface area (Å²) < 4.78 is 21.2. The van der Waals surface area contributed by atoms with Crippen molar-refractivity contribution >= 4 is 33.0 Å². The van der Waals surface area contributed by atoms with Gasteiger partial charge in [0, 0.05) is 16.5 Å². The fourth-order valence-electron chi connectivity index (χ4n) is 2.88. The van der Waals surface area contributed by atoms with Gasteiger partial charge in [0.15, 0.2) is 0 Å². The Balaban J connectivity index is 1.73. The topological polar surface area (TPSA) is 60.4 Å². The van der Waals surface area contributed by atoms with Gasteiger partial charge in [-0.25, -0.2) is 9.37 Å². The van der Waals surface area contributed by atoms with E-state index in [-0.39, 0.29) is 11.4 Å². The Kier molecular flexibility index (Phi) is 4.92. The first-order chi connectivity index (χ1) is 13.5. The number of halogens is 2. The zero-order valence-corrected chi connectivity index (χ0v) is 16.5. The number of rotatable bonds is 4. The molecular formula is C21H15BrFN3O2. The van der Waals surface area contributed by atoms with Crippen LogP contribution in [0.25, 0.3) is 22.2 Å². The van der Waals surface area contributed by atoms with Crippen LogP contribution in [0.15, 0.2) is 73.4 Å². The number of fused-ring (bicyclic) bond motifs is 1. The van der Waals surface area contributed by atoms with Gasteiger partial charge in [-0.05, 0) is 42.5 Å². The van der Waals surface area contributed by atoms with E-state index < -0.39 is 0 Å². The van der Waals surface area contributed by atoms with Crippen molar-refractivity contribution in [2.24, 2.45) is 5.10 Å². The lowest BCUT2D eigenvalue weighted by molar-refractivity contribution is 0.571. The van der Waals surface area contributed by atoms with Crippen LogP contribution in [0.1, 0.15) is 18.5 Å². The van der Waals surface area contributed by atoms with Crippen molar-refractivity contribution < 1.29 is 8.81 Å². The molecule has 5 nitrogen and oxygen atoms in total. The molecule has 0 amide bonds. The van der Waals surface area contributed by atoms with Crippen molar-refractivity contribution in [3.05, 3.63) is 86.8 Å². The molecule has 28 heavy (non-hydrogen) atoms. The van der Waals surface area contributed by atoms with E-state index in [0.717, 1.165) is 4.47 Å². The second-order valence-corrected chi connectivity index (χ2v) is 7.03. The highest BCUT2D eigenvalue weighted by molar-refractivity contribution is 9.10. The van der Waals surface area contributed by atoms with E-state index in [0.29, 0.717) is 40.2 Å². The lowest BCUT2D eigenvalue weighted by atomic mass is 10.2. The molecule has 140 valence electrons. The van der Waals surface area contributed by atoms with E-state index in [1.54, 1.807) is 36.4 Å². The summed E-state index contributed by atoms with van der Waals surface area (Å²) in [6.45, 7) is 1.91. The first-order valence-corrected chi connectivity index (χ1v) is 9.46. The SMILES string of the molecule is CCc1nc2ccc(Br)cc2c(=O)n1N=Cc1ccc(-c2cccc(F)c2)o1. The van der Waals surface area contributed by atoms with Gasteiger partial charge >= 0.3 is 0 Å². The maximum atomic E-state index is 13.4. The molecule has 0 aliphatic carbocycles. The van der Waals surface area contributed by atoms with Gasteiger partial charge in [0.25, 0.3) is 5.56 Å². The molecule has 7 heteroatoms. The molecule has 0 radical (unpaired) electrons. The van der Waals surface area contributed by atoms with Crippen LogP contribution in [0.3, 0.4) is 0 Å². The average molecular weight is 440 g/mol. The van der Waals surface area contributed by atoms with Crippen LogP contribution >= 0.6 is 15.9 Å². The molecule has 2 heterocycles. The number of hydrogen-bond acceptors (Lipinski definition) is 4. The molecular weight excluding hydrogens is 425 g/mol. The molecule has 0 N–H and O–H groups in total. The minimum Gasteiger partial charge on any atom is -0.455 e. The fraction of sp³-hybridized carbons (Fsp3) is 0.0952. The van der Waals surface area contributed by atoms with Crippen LogP contribution in [-0.4, -0.2) is 15.9 Å². The van der Waals surface area contributed by atoms with E-state index in [4.69, 9.17) is 4.42 Å². The van der Waals surface area contributed by atoms with Crippen molar-refractivity contribution in [2.75, 3.05) is 0 Å². The number of nitrogens with zero attached hydrogens (tertiary/aromatic N) is 3. The van der Waals surface area contributed by atoms with Crippen LogP contribution in [0.2, 0.25) is 0 Å². The average Bonchev–Trinajstić information content (AvgIpc) is 3.16. The molecule has 0 spiro atoms. The van der Waals surface area contributed by atoms with E-state index >= 15 is 0 Å². The summed E-state index contributed by atoms with van der Waals surface area (Å²) in [4.78, 5) is 17.4. The molecule has 0 saturated carbocycles. The molecule has 0 bridgehead atoms. The smallest absolute Gasteiger partial charge is 0.282 e. The molecule has 0 saturated heterocycles. The van der Waals surface area contributed by atoms with Crippen molar-refractivity contribution in [3.63, 3.8) is 0 Å². The largest absolute Gasteiger partial charge is 0.455 e. The standard InChI is InChI=1S/C21H15BrFN3O2/c1-2-20-25-18-8-6-14(22)11-17(18)21(27)26(20)24-12-16-7-9-19(28-16)13-4-3-5-15(23)10-13/h3-12H,2H2,1H3. The van der Waals surface area contributed by atoms with Gasteiger partial charge < -0.3 is 4.42 Å². The van der Waals surface area contributed by atoms with Gasteiger partial charge in [0.2, 0.25) is 0 Å². The highest BCUT2D eigenvalue weighted by atomic mass is 79.9. The quantitative estimate of drug-likeness (QED) is 0.420. The molecule has 0 atom stereocenters. The Labute approximate surface area is 168 Å². The third kappa shape index (κ3) is 3.53. The molecule has 4 aromatic rings. The van der Waals surface area contributed by atoms with Gasteiger partial charge in [-0.2, -0.15) is 9.78 Å². The minimum atomic E-state index is -0.336. The monoisotopic (exact) mass is 439 g/mol. The van der Waals surface area contributed by atoms with Crippen LogP contribution in [0.4, 0.5) is 4.39 Å². The Morgan fingerprint density at radius 2 is 2.07 bits per heavy atom. The van der Waals surface area contributed by atoms with Crippen molar-refractivity contribution in [1.29, 1.82) is 0 Å². The molecule has 2 aromatic carbocycles. The normalized spacial score (nSPS) is 11.5. The summed E-state index contributed by atoms with van der Waals surface area (Å²) in [5.74, 6) is 1.18. The lowest BCUT2D eigenvalue weighted by Crippen LogP contribution is -2.22. The molecule has 0 aliphatic heterocycles. The van der Waals surface area contributed by atoms with Crippen molar-refractivity contribution in [3.8, 4) is 11.3 Å². The summed E-state index contributed by atoms with van der Waals surface area (Å²) in [5.41, 5.74) is 1.00. The number of hydrogen-bond donors (Lipinski definition) is 0. The fourth-order valence-corrected chi connectivity index (χ4v) is 3.24. The van der Waals surface area contributed by atoms with Gasteiger partial charge in [-0.3, -0.25) is 4.79 Å². The van der Waals surface area contributed by atoms with Gasteiger partial charge in [-0.1, -0.05) is 35.0 Å². The van der Waals surface area contributed by atoms with E-state index in [1.807, 2.05) is 13.0 Å². The first kappa shape index (κ1) is 18.3. The Bertz CT molecular complexity index is 1260. The summed E-state index contributed by atoms with van der Waals surface area (Å²) in [7, 11) is 0. The summed E-state index contributed by atoms with van der Waals surface area (Å²) in [6, 6.07) is 15.0. The molecule has 0 fully saturated rings. The summed E-state index contributed by atoms with van der Waals surface area (Å²) in [6.07, 6.45) is 2.00. The Hall–Kier alpha value is -3.06. The molecule has 0 aliphatic rings. The number of furan rings is 1.